The number of imidazole rings is 1. The van der Waals surface area contributed by atoms with Crippen LogP contribution in [0.15, 0.2) is 41.6 Å². The molecule has 2 aliphatic rings. The van der Waals surface area contributed by atoms with E-state index in [2.05, 4.69) is 22.2 Å². The molecule has 3 atom stereocenters. The number of rotatable bonds is 4. The molecule has 4 aromatic rings. The topological polar surface area (TPSA) is 79.2 Å². The third kappa shape index (κ3) is 2.78. The molecule has 1 aliphatic heterocycles. The number of hydrogen-bond donors (Lipinski definition) is 0. The number of fused-ring (bicyclic) bond motifs is 3. The summed E-state index contributed by atoms with van der Waals surface area (Å²) < 4.78 is 11.3. The highest BCUT2D eigenvalue weighted by Gasteiger charge is 2.36. The van der Waals surface area contributed by atoms with Crippen LogP contribution in [-0.4, -0.2) is 41.7 Å². The molecule has 154 valence electrons. The van der Waals surface area contributed by atoms with Crippen LogP contribution < -0.4 is 5.56 Å². The molecule has 1 saturated heterocycles. The minimum Gasteiger partial charge on any atom is -0.376 e. The first-order chi connectivity index (χ1) is 14.7. The maximum Gasteiger partial charge on any atom is 0.279 e. The van der Waals surface area contributed by atoms with Gasteiger partial charge in [-0.05, 0) is 43.7 Å². The molecule has 4 heterocycles. The molecule has 8 heteroatoms. The zero-order chi connectivity index (χ0) is 20.2. The van der Waals surface area contributed by atoms with Crippen LogP contribution in [-0.2, 0) is 11.3 Å². The standard InChI is InChI=1S/C22H24N6O2/c1-14-10-16(14)17-12-28(25-24-17)21-20-22(29)26(11-15-6-4-5-9-30-15)18-7-2-3-8-19(18)27(20)13-23-21/h2-3,7-8,12-16H,4-6,9-11H2,1H3. The molecular formula is C22H24N6O2. The number of para-hydroxylation sites is 2. The van der Waals surface area contributed by atoms with Gasteiger partial charge in [-0.15, -0.1) is 5.10 Å². The highest BCUT2D eigenvalue weighted by atomic mass is 16.5. The van der Waals surface area contributed by atoms with Gasteiger partial charge in [-0.1, -0.05) is 24.3 Å². The first-order valence-electron chi connectivity index (χ1n) is 10.7. The minimum atomic E-state index is -0.0767. The van der Waals surface area contributed by atoms with Gasteiger partial charge in [0.15, 0.2) is 11.3 Å². The van der Waals surface area contributed by atoms with Crippen LogP contribution in [0.25, 0.3) is 22.4 Å². The van der Waals surface area contributed by atoms with Gasteiger partial charge in [0.2, 0.25) is 0 Å². The fourth-order valence-electron chi connectivity index (χ4n) is 4.64. The summed E-state index contributed by atoms with van der Waals surface area (Å²) >= 11 is 0. The van der Waals surface area contributed by atoms with Crippen LogP contribution >= 0.6 is 0 Å². The van der Waals surface area contributed by atoms with Crippen molar-refractivity contribution in [1.82, 2.24) is 28.9 Å². The maximum absolute atomic E-state index is 13.7. The molecular weight excluding hydrogens is 380 g/mol. The quantitative estimate of drug-likeness (QED) is 0.523. The Morgan fingerprint density at radius 2 is 2.03 bits per heavy atom. The van der Waals surface area contributed by atoms with Crippen LogP contribution in [0.3, 0.4) is 0 Å². The van der Waals surface area contributed by atoms with E-state index in [4.69, 9.17) is 4.74 Å². The van der Waals surface area contributed by atoms with Crippen molar-refractivity contribution in [1.29, 1.82) is 0 Å². The SMILES string of the molecule is CC1CC1c1cn(-c2ncn3c2c(=O)n(CC2CCCCO2)c2ccccc23)nn1. The van der Waals surface area contributed by atoms with Crippen molar-refractivity contribution in [3.8, 4) is 5.82 Å². The third-order valence-corrected chi connectivity index (χ3v) is 6.51. The molecule has 0 bridgehead atoms. The van der Waals surface area contributed by atoms with Crippen LogP contribution in [0.4, 0.5) is 0 Å². The van der Waals surface area contributed by atoms with E-state index < -0.39 is 0 Å². The molecule has 8 nitrogen and oxygen atoms in total. The highest BCUT2D eigenvalue weighted by Crippen LogP contribution is 2.45. The Morgan fingerprint density at radius 1 is 1.20 bits per heavy atom. The predicted molar refractivity (Wildman–Crippen MR) is 112 cm³/mol. The molecule has 0 spiro atoms. The van der Waals surface area contributed by atoms with Crippen molar-refractivity contribution in [2.45, 2.75) is 51.2 Å². The number of hydrogen-bond acceptors (Lipinski definition) is 5. The predicted octanol–water partition coefficient (Wildman–Crippen LogP) is 2.92. The fourth-order valence-corrected chi connectivity index (χ4v) is 4.64. The summed E-state index contributed by atoms with van der Waals surface area (Å²) in [5, 5.41) is 8.62. The molecule has 1 aliphatic carbocycles. The zero-order valence-corrected chi connectivity index (χ0v) is 16.9. The Labute approximate surface area is 173 Å². The first kappa shape index (κ1) is 17.8. The van der Waals surface area contributed by atoms with Crippen LogP contribution in [0.1, 0.15) is 44.2 Å². The summed E-state index contributed by atoms with van der Waals surface area (Å²) in [5.41, 5.74) is 3.24. The second-order valence-corrected chi connectivity index (χ2v) is 8.59. The van der Waals surface area contributed by atoms with E-state index in [0.717, 1.165) is 49.0 Å². The number of aromatic nitrogens is 6. The molecule has 30 heavy (non-hydrogen) atoms. The lowest BCUT2D eigenvalue weighted by molar-refractivity contribution is 0.00619. The maximum atomic E-state index is 13.7. The van der Waals surface area contributed by atoms with E-state index in [1.165, 1.54) is 0 Å². The zero-order valence-electron chi connectivity index (χ0n) is 16.9. The smallest absolute Gasteiger partial charge is 0.279 e. The van der Waals surface area contributed by atoms with Gasteiger partial charge in [0.05, 0.1) is 35.6 Å². The molecule has 0 radical (unpaired) electrons. The van der Waals surface area contributed by atoms with Crippen LogP contribution in [0.5, 0.6) is 0 Å². The lowest BCUT2D eigenvalue weighted by Gasteiger charge is -2.24. The van der Waals surface area contributed by atoms with E-state index in [1.54, 1.807) is 11.0 Å². The van der Waals surface area contributed by atoms with Gasteiger partial charge in [-0.2, -0.15) is 4.68 Å². The Balaban J connectivity index is 1.52. The lowest BCUT2D eigenvalue weighted by atomic mass is 10.1. The van der Waals surface area contributed by atoms with Crippen molar-refractivity contribution in [3.05, 3.63) is 52.8 Å². The van der Waals surface area contributed by atoms with Crippen molar-refractivity contribution in [3.63, 3.8) is 0 Å². The summed E-state index contributed by atoms with van der Waals surface area (Å²) in [6, 6.07) is 7.95. The minimum absolute atomic E-state index is 0.0583. The molecule has 3 unspecified atom stereocenters. The molecule has 0 amide bonds. The highest BCUT2D eigenvalue weighted by molar-refractivity contribution is 5.80. The van der Waals surface area contributed by atoms with E-state index in [0.29, 0.717) is 29.7 Å². The number of nitrogens with zero attached hydrogens (tertiary/aromatic N) is 6. The van der Waals surface area contributed by atoms with Crippen molar-refractivity contribution >= 4 is 16.6 Å². The third-order valence-electron chi connectivity index (χ3n) is 6.51. The Kier molecular flexibility index (Phi) is 4.02. The van der Waals surface area contributed by atoms with Gasteiger partial charge < -0.3 is 9.30 Å². The van der Waals surface area contributed by atoms with Crippen molar-refractivity contribution in [2.75, 3.05) is 6.61 Å². The summed E-state index contributed by atoms with van der Waals surface area (Å²) in [4.78, 5) is 18.2. The summed E-state index contributed by atoms with van der Waals surface area (Å²) in [5.74, 6) is 1.63. The molecule has 6 rings (SSSR count). The number of ether oxygens (including phenoxy) is 1. The molecule has 1 saturated carbocycles. The molecule has 3 aromatic heterocycles. The van der Waals surface area contributed by atoms with E-state index in [1.807, 2.05) is 39.4 Å². The second-order valence-electron chi connectivity index (χ2n) is 8.59. The average Bonchev–Trinajstić information content (AvgIpc) is 3.17. The number of benzene rings is 1. The summed E-state index contributed by atoms with van der Waals surface area (Å²) in [6.07, 6.45) is 8.02. The monoisotopic (exact) mass is 404 g/mol. The lowest BCUT2D eigenvalue weighted by Crippen LogP contribution is -2.32. The van der Waals surface area contributed by atoms with Gasteiger partial charge >= 0.3 is 0 Å². The van der Waals surface area contributed by atoms with Gasteiger partial charge in [0.1, 0.15) is 6.33 Å². The van der Waals surface area contributed by atoms with E-state index in [-0.39, 0.29) is 11.7 Å². The summed E-state index contributed by atoms with van der Waals surface area (Å²) in [7, 11) is 0. The Hall–Kier alpha value is -3.00. The fraction of sp³-hybridized carbons (Fsp3) is 0.455. The normalized spacial score (nSPS) is 24.0. The van der Waals surface area contributed by atoms with Gasteiger partial charge in [-0.3, -0.25) is 9.20 Å². The first-order valence-corrected chi connectivity index (χ1v) is 10.7. The van der Waals surface area contributed by atoms with Gasteiger partial charge in [0, 0.05) is 12.5 Å². The van der Waals surface area contributed by atoms with Crippen molar-refractivity contribution in [2.24, 2.45) is 5.92 Å². The Bertz CT molecular complexity index is 1300. The van der Waals surface area contributed by atoms with Gasteiger partial charge in [0.25, 0.3) is 5.56 Å². The van der Waals surface area contributed by atoms with Crippen LogP contribution in [0, 0.1) is 5.92 Å². The Morgan fingerprint density at radius 3 is 2.80 bits per heavy atom. The van der Waals surface area contributed by atoms with Gasteiger partial charge in [-0.25, -0.2) is 4.98 Å². The molecule has 2 fully saturated rings. The summed E-state index contributed by atoms with van der Waals surface area (Å²) in [6.45, 7) is 3.52. The molecule has 0 N–H and O–H groups in total. The van der Waals surface area contributed by atoms with E-state index >= 15 is 0 Å². The largest absolute Gasteiger partial charge is 0.376 e. The van der Waals surface area contributed by atoms with Crippen molar-refractivity contribution < 1.29 is 4.74 Å². The van der Waals surface area contributed by atoms with E-state index in [9.17, 15) is 4.79 Å². The molecule has 1 aromatic carbocycles. The average molecular weight is 404 g/mol. The second kappa shape index (κ2) is 6.77. The van der Waals surface area contributed by atoms with Crippen LogP contribution in [0.2, 0.25) is 0 Å².